The van der Waals surface area contributed by atoms with E-state index < -0.39 is 0 Å². The molecule has 0 N–H and O–H groups in total. The van der Waals surface area contributed by atoms with Crippen LogP contribution in [0.4, 0.5) is 0 Å². The van der Waals surface area contributed by atoms with E-state index in [1.54, 1.807) is 6.20 Å². The van der Waals surface area contributed by atoms with Gasteiger partial charge in [-0.15, -0.1) is 0 Å². The van der Waals surface area contributed by atoms with Gasteiger partial charge in [0.15, 0.2) is 0 Å². The van der Waals surface area contributed by atoms with Crippen molar-refractivity contribution in [1.82, 2.24) is 14.7 Å². The molecule has 6 heteroatoms. The summed E-state index contributed by atoms with van der Waals surface area (Å²) in [4.78, 5) is 26.4. The average molecular weight is 341 g/mol. The van der Waals surface area contributed by atoms with E-state index in [-0.39, 0.29) is 17.8 Å². The van der Waals surface area contributed by atoms with E-state index in [9.17, 15) is 9.59 Å². The second-order valence-electron chi connectivity index (χ2n) is 6.22. The largest absolute Gasteiger partial charge is 0.466 e. The maximum atomic E-state index is 12.7. The lowest BCUT2D eigenvalue weighted by atomic mass is 9.96. The Kier molecular flexibility index (Phi) is 5.48. The lowest BCUT2D eigenvalue weighted by Gasteiger charge is -2.31. The molecule has 0 spiro atoms. The first-order chi connectivity index (χ1) is 12.2. The van der Waals surface area contributed by atoms with Crippen LogP contribution in [0.1, 0.15) is 35.7 Å². The van der Waals surface area contributed by atoms with Gasteiger partial charge >= 0.3 is 5.97 Å². The highest BCUT2D eigenvalue weighted by molar-refractivity contribution is 5.94. The van der Waals surface area contributed by atoms with E-state index >= 15 is 0 Å². The number of likely N-dealkylation sites (tertiary alicyclic amines) is 1. The van der Waals surface area contributed by atoms with Gasteiger partial charge in [-0.05, 0) is 43.5 Å². The number of piperidine rings is 1. The van der Waals surface area contributed by atoms with Crippen LogP contribution in [0.2, 0.25) is 0 Å². The number of carbonyl (C=O) groups is 2. The number of ether oxygens (including phenoxy) is 1. The molecular formula is C19H23N3O3. The van der Waals surface area contributed by atoms with E-state index in [4.69, 9.17) is 4.74 Å². The highest BCUT2D eigenvalue weighted by atomic mass is 16.5. The van der Waals surface area contributed by atoms with Crippen molar-refractivity contribution in [1.29, 1.82) is 0 Å². The highest BCUT2D eigenvalue weighted by Crippen LogP contribution is 2.21. The van der Waals surface area contributed by atoms with Gasteiger partial charge < -0.3 is 9.64 Å². The van der Waals surface area contributed by atoms with Crippen LogP contribution in [0.15, 0.2) is 42.7 Å². The molecule has 0 aliphatic carbocycles. The molecule has 0 radical (unpaired) electrons. The molecule has 1 aliphatic heterocycles. The molecule has 1 saturated heterocycles. The number of rotatable bonds is 5. The Hall–Kier alpha value is -2.63. The smallest absolute Gasteiger partial charge is 0.309 e. The molecule has 132 valence electrons. The maximum Gasteiger partial charge on any atom is 0.309 e. The first-order valence-corrected chi connectivity index (χ1v) is 8.69. The molecule has 0 bridgehead atoms. The van der Waals surface area contributed by atoms with Crippen molar-refractivity contribution in [3.63, 3.8) is 0 Å². The number of aromatic nitrogens is 2. The van der Waals surface area contributed by atoms with Gasteiger partial charge in [-0.2, -0.15) is 5.10 Å². The summed E-state index contributed by atoms with van der Waals surface area (Å²) in [6.45, 7) is 4.03. The molecule has 1 amide bonds. The van der Waals surface area contributed by atoms with Crippen molar-refractivity contribution in [2.75, 3.05) is 19.7 Å². The minimum absolute atomic E-state index is 0.0182. The fourth-order valence-electron chi connectivity index (χ4n) is 3.14. The van der Waals surface area contributed by atoms with Crippen molar-refractivity contribution < 1.29 is 14.3 Å². The lowest BCUT2D eigenvalue weighted by molar-refractivity contribution is -0.149. The quantitative estimate of drug-likeness (QED) is 0.783. The van der Waals surface area contributed by atoms with Crippen molar-refractivity contribution >= 4 is 11.9 Å². The Morgan fingerprint density at radius 1 is 1.24 bits per heavy atom. The summed E-state index contributed by atoms with van der Waals surface area (Å²) in [5, 5.41) is 4.19. The molecule has 0 saturated carbocycles. The molecule has 2 heterocycles. The molecule has 2 aromatic rings. The fraction of sp³-hybridized carbons (Fsp3) is 0.421. The van der Waals surface area contributed by atoms with Crippen LogP contribution >= 0.6 is 0 Å². The number of hydrogen-bond acceptors (Lipinski definition) is 4. The molecular weight excluding hydrogens is 318 g/mol. The Bertz CT molecular complexity index is 719. The summed E-state index contributed by atoms with van der Waals surface area (Å²) >= 11 is 0. The monoisotopic (exact) mass is 341 g/mol. The van der Waals surface area contributed by atoms with Crippen LogP contribution in [0.25, 0.3) is 0 Å². The maximum absolute atomic E-state index is 12.7. The Morgan fingerprint density at radius 3 is 2.72 bits per heavy atom. The number of hydrogen-bond donors (Lipinski definition) is 0. The third-order valence-electron chi connectivity index (χ3n) is 4.48. The van der Waals surface area contributed by atoms with E-state index in [2.05, 4.69) is 5.10 Å². The van der Waals surface area contributed by atoms with Gasteiger partial charge in [-0.3, -0.25) is 14.3 Å². The first-order valence-electron chi connectivity index (χ1n) is 8.69. The standard InChI is InChI=1S/C19H23N3O3/c1-2-25-19(24)16-7-11-21(12-8-16)18(23)17-6-3-5-15(13-17)14-22-10-4-9-20-22/h3-6,9-10,13,16H,2,7-8,11-12,14H2,1H3. The molecule has 1 fully saturated rings. The predicted octanol–water partition coefficient (Wildman–Crippen LogP) is 2.35. The highest BCUT2D eigenvalue weighted by Gasteiger charge is 2.28. The first kappa shape index (κ1) is 17.2. The number of nitrogens with zero attached hydrogens (tertiary/aromatic N) is 3. The summed E-state index contributed by atoms with van der Waals surface area (Å²) in [7, 11) is 0. The van der Waals surface area contributed by atoms with Gasteiger partial charge in [0, 0.05) is 31.0 Å². The van der Waals surface area contributed by atoms with Gasteiger partial charge in [-0.25, -0.2) is 0 Å². The van der Waals surface area contributed by atoms with Gasteiger partial charge in [0.25, 0.3) is 5.91 Å². The SMILES string of the molecule is CCOC(=O)C1CCN(C(=O)c2cccc(Cn3cccn3)c2)CC1. The van der Waals surface area contributed by atoms with Crippen molar-refractivity contribution in [2.45, 2.75) is 26.3 Å². The third-order valence-corrected chi connectivity index (χ3v) is 4.48. The van der Waals surface area contributed by atoms with Crippen LogP contribution in [-0.4, -0.2) is 46.3 Å². The van der Waals surface area contributed by atoms with Crippen molar-refractivity contribution in [2.24, 2.45) is 5.92 Å². The number of carbonyl (C=O) groups excluding carboxylic acids is 2. The van der Waals surface area contributed by atoms with Gasteiger partial charge in [0.1, 0.15) is 0 Å². The van der Waals surface area contributed by atoms with E-state index in [0.717, 1.165) is 5.56 Å². The minimum Gasteiger partial charge on any atom is -0.466 e. The zero-order valence-corrected chi connectivity index (χ0v) is 14.4. The number of amides is 1. The average Bonchev–Trinajstić information content (AvgIpc) is 3.15. The molecule has 0 unspecified atom stereocenters. The molecule has 1 aromatic carbocycles. The summed E-state index contributed by atoms with van der Waals surface area (Å²) in [6, 6.07) is 9.53. The Balaban J connectivity index is 1.61. The molecule has 6 nitrogen and oxygen atoms in total. The van der Waals surface area contributed by atoms with Crippen LogP contribution in [-0.2, 0) is 16.1 Å². The van der Waals surface area contributed by atoms with Crippen LogP contribution in [0.5, 0.6) is 0 Å². The zero-order chi connectivity index (χ0) is 17.6. The van der Waals surface area contributed by atoms with Crippen LogP contribution in [0, 0.1) is 5.92 Å². The molecule has 25 heavy (non-hydrogen) atoms. The van der Waals surface area contributed by atoms with Crippen molar-refractivity contribution in [3.05, 3.63) is 53.9 Å². The summed E-state index contributed by atoms with van der Waals surface area (Å²) in [5.74, 6) is -0.212. The van der Waals surface area contributed by atoms with Gasteiger partial charge in [-0.1, -0.05) is 12.1 Å². The van der Waals surface area contributed by atoms with E-state index in [1.807, 2.05) is 53.0 Å². The Labute approximate surface area is 147 Å². The Morgan fingerprint density at radius 2 is 2.04 bits per heavy atom. The second kappa shape index (κ2) is 7.96. The van der Waals surface area contributed by atoms with E-state index in [0.29, 0.717) is 44.6 Å². The van der Waals surface area contributed by atoms with E-state index in [1.165, 1.54) is 0 Å². The van der Waals surface area contributed by atoms with Gasteiger partial charge in [0.05, 0.1) is 19.1 Å². The predicted molar refractivity (Wildman–Crippen MR) is 93.0 cm³/mol. The fourth-order valence-corrected chi connectivity index (χ4v) is 3.14. The summed E-state index contributed by atoms with van der Waals surface area (Å²) < 4.78 is 6.90. The van der Waals surface area contributed by atoms with Crippen LogP contribution in [0.3, 0.4) is 0 Å². The summed E-state index contributed by atoms with van der Waals surface area (Å²) in [6.07, 6.45) is 4.96. The molecule has 1 aromatic heterocycles. The molecule has 1 aliphatic rings. The number of benzene rings is 1. The summed E-state index contributed by atoms with van der Waals surface area (Å²) in [5.41, 5.74) is 1.72. The minimum atomic E-state index is -0.143. The van der Waals surface area contributed by atoms with Crippen molar-refractivity contribution in [3.8, 4) is 0 Å². The van der Waals surface area contributed by atoms with Gasteiger partial charge in [0.2, 0.25) is 0 Å². The molecule has 3 rings (SSSR count). The third kappa shape index (κ3) is 4.26. The normalized spacial score (nSPS) is 15.2. The van der Waals surface area contributed by atoms with Crippen LogP contribution < -0.4 is 0 Å². The topological polar surface area (TPSA) is 64.4 Å². The molecule has 0 atom stereocenters. The zero-order valence-electron chi connectivity index (χ0n) is 14.4. The number of esters is 1. The lowest BCUT2D eigenvalue weighted by Crippen LogP contribution is -2.40. The second-order valence-corrected chi connectivity index (χ2v) is 6.22.